The van der Waals surface area contributed by atoms with E-state index < -0.39 is 18.0 Å². The van der Waals surface area contributed by atoms with Gasteiger partial charge in [-0.15, -0.1) is 24.8 Å². The van der Waals surface area contributed by atoms with Crippen LogP contribution in [0.4, 0.5) is 4.39 Å². The second-order valence-electron chi connectivity index (χ2n) is 4.95. The predicted molar refractivity (Wildman–Crippen MR) is 97.9 cm³/mol. The van der Waals surface area contributed by atoms with Crippen LogP contribution in [0.3, 0.4) is 0 Å². The summed E-state index contributed by atoms with van der Waals surface area (Å²) in [4.78, 5) is 4.02. The molecule has 2 aromatic rings. The van der Waals surface area contributed by atoms with Gasteiger partial charge in [-0.25, -0.2) is 4.39 Å². The highest BCUT2D eigenvalue weighted by molar-refractivity contribution is 6.30. The third kappa shape index (κ3) is 6.31. The maximum absolute atomic E-state index is 13.5. The van der Waals surface area contributed by atoms with E-state index in [-0.39, 0.29) is 47.8 Å². The number of ether oxygens (including phenoxy) is 1. The molecule has 1 aromatic heterocycles. The molecule has 0 spiro atoms. The van der Waals surface area contributed by atoms with E-state index >= 15 is 0 Å². The number of aliphatic hydroxyl groups is 1. The summed E-state index contributed by atoms with van der Waals surface area (Å²) in [6.07, 6.45) is 2.95. The maximum atomic E-state index is 13.5. The molecule has 5 nitrogen and oxygen atoms in total. The fourth-order valence-corrected chi connectivity index (χ4v) is 2.19. The normalized spacial score (nSPS) is 12.1. The standard InChI is InChI=1S/C16H15ClFN3O2.2ClH/c17-13-6-16(11(7-19)4-14(13)18)23-15(5-12(20)9-22)10-2-1-3-21-8-10;;/h1-4,6,8,12,15,22H,5,9,20H2;2*1H. The number of hydrogen-bond donors (Lipinski definition) is 2. The summed E-state index contributed by atoms with van der Waals surface area (Å²) in [5.41, 5.74) is 6.54. The molecule has 0 fully saturated rings. The SMILES string of the molecule is Cl.Cl.N#Cc1cc(F)c(Cl)cc1OC(CC(N)CO)c1cccnc1. The van der Waals surface area contributed by atoms with Crippen LogP contribution in [0.15, 0.2) is 36.7 Å². The summed E-state index contributed by atoms with van der Waals surface area (Å²) < 4.78 is 19.3. The van der Waals surface area contributed by atoms with Crippen LogP contribution in [0.5, 0.6) is 5.75 Å². The Morgan fingerprint density at radius 1 is 1.40 bits per heavy atom. The Bertz CT molecular complexity index is 714. The van der Waals surface area contributed by atoms with Gasteiger partial charge in [-0.2, -0.15) is 5.26 Å². The zero-order valence-corrected chi connectivity index (χ0v) is 15.3. The summed E-state index contributed by atoms with van der Waals surface area (Å²) in [6.45, 7) is -0.213. The molecule has 9 heteroatoms. The van der Waals surface area contributed by atoms with E-state index in [0.29, 0.717) is 6.42 Å². The Morgan fingerprint density at radius 2 is 2.12 bits per heavy atom. The quantitative estimate of drug-likeness (QED) is 0.764. The van der Waals surface area contributed by atoms with Crippen molar-refractivity contribution in [3.63, 3.8) is 0 Å². The molecule has 1 aromatic carbocycles. The van der Waals surface area contributed by atoms with Gasteiger partial charge in [0, 0.05) is 36.5 Å². The minimum atomic E-state index is -0.694. The van der Waals surface area contributed by atoms with Crippen molar-refractivity contribution in [1.29, 1.82) is 5.26 Å². The van der Waals surface area contributed by atoms with E-state index in [1.165, 1.54) is 6.07 Å². The number of aromatic nitrogens is 1. The zero-order chi connectivity index (χ0) is 16.8. The summed E-state index contributed by atoms with van der Waals surface area (Å²) >= 11 is 5.76. The molecule has 25 heavy (non-hydrogen) atoms. The lowest BCUT2D eigenvalue weighted by Gasteiger charge is -2.22. The lowest BCUT2D eigenvalue weighted by Crippen LogP contribution is -2.28. The molecule has 3 N–H and O–H groups in total. The lowest BCUT2D eigenvalue weighted by atomic mass is 10.0. The van der Waals surface area contributed by atoms with Crippen LogP contribution in [0.1, 0.15) is 23.7 Å². The molecule has 0 aliphatic rings. The van der Waals surface area contributed by atoms with Crippen molar-refractivity contribution in [2.75, 3.05) is 6.61 Å². The largest absolute Gasteiger partial charge is 0.484 e. The van der Waals surface area contributed by atoms with Crippen molar-refractivity contribution in [2.45, 2.75) is 18.6 Å². The van der Waals surface area contributed by atoms with Crippen molar-refractivity contribution in [1.82, 2.24) is 4.98 Å². The number of nitriles is 1. The number of halogens is 4. The third-order valence-corrected chi connectivity index (χ3v) is 3.51. The number of aliphatic hydroxyl groups excluding tert-OH is 1. The Hall–Kier alpha value is -1.62. The van der Waals surface area contributed by atoms with Crippen LogP contribution >= 0.6 is 36.4 Å². The second kappa shape index (κ2) is 11.1. The van der Waals surface area contributed by atoms with E-state index in [0.717, 1.165) is 11.6 Å². The molecule has 0 bridgehead atoms. The Morgan fingerprint density at radius 3 is 2.68 bits per heavy atom. The van der Waals surface area contributed by atoms with Gasteiger partial charge in [0.15, 0.2) is 0 Å². The number of hydrogen-bond acceptors (Lipinski definition) is 5. The highest BCUT2D eigenvalue weighted by atomic mass is 35.5. The van der Waals surface area contributed by atoms with Crippen molar-refractivity contribution >= 4 is 36.4 Å². The first-order chi connectivity index (χ1) is 11.0. The van der Waals surface area contributed by atoms with Crippen LogP contribution in [0, 0.1) is 17.1 Å². The Balaban J connectivity index is 0.00000288. The van der Waals surface area contributed by atoms with Gasteiger partial charge in [0.2, 0.25) is 0 Å². The minimum absolute atomic E-state index is 0. The molecule has 0 aliphatic carbocycles. The van der Waals surface area contributed by atoms with Crippen molar-refractivity contribution < 1.29 is 14.2 Å². The molecule has 0 saturated carbocycles. The van der Waals surface area contributed by atoms with Gasteiger partial charge in [0.05, 0.1) is 17.2 Å². The fourth-order valence-electron chi connectivity index (χ4n) is 2.03. The molecule has 1 heterocycles. The van der Waals surface area contributed by atoms with Crippen LogP contribution in [-0.4, -0.2) is 22.7 Å². The average molecular weight is 409 g/mol. The van der Waals surface area contributed by atoms with E-state index in [1.807, 2.05) is 6.07 Å². The molecule has 0 amide bonds. The lowest BCUT2D eigenvalue weighted by molar-refractivity contribution is 0.161. The summed E-state index contributed by atoms with van der Waals surface area (Å²) in [5, 5.41) is 18.1. The van der Waals surface area contributed by atoms with Gasteiger partial charge in [0.25, 0.3) is 0 Å². The molecular formula is C16H17Cl3FN3O2. The van der Waals surface area contributed by atoms with Crippen LogP contribution in [0.2, 0.25) is 5.02 Å². The first kappa shape index (κ1) is 23.4. The zero-order valence-electron chi connectivity index (χ0n) is 12.9. The summed E-state index contributed by atoms with van der Waals surface area (Å²) in [6, 6.07) is 7.15. The molecule has 0 saturated heterocycles. The number of benzene rings is 1. The van der Waals surface area contributed by atoms with Crippen LogP contribution in [0.25, 0.3) is 0 Å². The van der Waals surface area contributed by atoms with Gasteiger partial charge in [-0.1, -0.05) is 17.7 Å². The van der Waals surface area contributed by atoms with Gasteiger partial charge in [0.1, 0.15) is 23.7 Å². The first-order valence-electron chi connectivity index (χ1n) is 6.87. The van der Waals surface area contributed by atoms with E-state index in [2.05, 4.69) is 4.98 Å². The first-order valence-corrected chi connectivity index (χ1v) is 7.25. The summed E-state index contributed by atoms with van der Waals surface area (Å²) in [7, 11) is 0. The van der Waals surface area contributed by atoms with E-state index in [9.17, 15) is 4.39 Å². The number of nitrogens with two attached hydrogens (primary N) is 1. The van der Waals surface area contributed by atoms with Crippen molar-refractivity contribution in [3.05, 3.63) is 58.6 Å². The highest BCUT2D eigenvalue weighted by Gasteiger charge is 2.20. The fraction of sp³-hybridized carbons (Fsp3) is 0.250. The van der Waals surface area contributed by atoms with Gasteiger partial charge in [-0.05, 0) is 12.1 Å². The second-order valence-corrected chi connectivity index (χ2v) is 5.35. The Kier molecular flexibility index (Phi) is 10.4. The summed E-state index contributed by atoms with van der Waals surface area (Å²) in [5.74, 6) is -0.543. The van der Waals surface area contributed by atoms with Crippen LogP contribution < -0.4 is 10.5 Å². The number of pyridine rings is 1. The van der Waals surface area contributed by atoms with E-state index in [4.69, 9.17) is 32.4 Å². The third-order valence-electron chi connectivity index (χ3n) is 3.22. The van der Waals surface area contributed by atoms with Crippen molar-refractivity contribution in [3.8, 4) is 11.8 Å². The van der Waals surface area contributed by atoms with Gasteiger partial charge >= 0.3 is 0 Å². The maximum Gasteiger partial charge on any atom is 0.143 e. The van der Waals surface area contributed by atoms with Gasteiger partial charge < -0.3 is 15.6 Å². The predicted octanol–water partition coefficient (Wildman–Crippen LogP) is 3.42. The molecule has 2 unspecified atom stereocenters. The molecule has 2 rings (SSSR count). The highest BCUT2D eigenvalue weighted by Crippen LogP contribution is 2.31. The number of nitrogens with zero attached hydrogens (tertiary/aromatic N) is 2. The monoisotopic (exact) mass is 407 g/mol. The topological polar surface area (TPSA) is 92.2 Å². The van der Waals surface area contributed by atoms with Crippen LogP contribution in [-0.2, 0) is 0 Å². The van der Waals surface area contributed by atoms with Crippen molar-refractivity contribution in [2.24, 2.45) is 5.73 Å². The smallest absolute Gasteiger partial charge is 0.143 e. The average Bonchev–Trinajstić information content (AvgIpc) is 2.57. The molecule has 0 radical (unpaired) electrons. The minimum Gasteiger partial charge on any atom is -0.484 e. The molecule has 136 valence electrons. The molecule has 2 atom stereocenters. The molecular weight excluding hydrogens is 392 g/mol. The Labute approximate surface area is 162 Å². The van der Waals surface area contributed by atoms with E-state index in [1.54, 1.807) is 24.5 Å². The number of rotatable bonds is 6. The van der Waals surface area contributed by atoms with Gasteiger partial charge in [-0.3, -0.25) is 4.98 Å². The molecule has 0 aliphatic heterocycles.